The number of pyridine rings is 3. The summed E-state index contributed by atoms with van der Waals surface area (Å²) in [5.41, 5.74) is 15.1. The van der Waals surface area contributed by atoms with Crippen LogP contribution in [0.15, 0.2) is 193 Å². The molecule has 306 valence electrons. The normalized spacial score (nSPS) is 11.2. The van der Waals surface area contributed by atoms with Gasteiger partial charge >= 0.3 is 20.1 Å². The maximum Gasteiger partial charge on any atom is 3.00 e. The van der Waals surface area contributed by atoms with Crippen LogP contribution in [0.25, 0.3) is 106 Å². The molecule has 6 aromatic heterocycles. The maximum atomic E-state index is 5.95. The van der Waals surface area contributed by atoms with Gasteiger partial charge in [0, 0.05) is 59.4 Å². The van der Waals surface area contributed by atoms with Crippen LogP contribution in [0.3, 0.4) is 0 Å². The van der Waals surface area contributed by atoms with E-state index in [1.54, 1.807) is 6.20 Å². The molecule has 0 saturated carbocycles. The minimum absolute atomic E-state index is 0. The third-order valence-electron chi connectivity index (χ3n) is 11.4. The molecule has 0 aliphatic rings. The second kappa shape index (κ2) is 17.2. The third kappa shape index (κ3) is 7.39. The summed E-state index contributed by atoms with van der Waals surface area (Å²) in [5.74, 6) is 0.839. The minimum atomic E-state index is 0. The summed E-state index contributed by atoms with van der Waals surface area (Å²) in [4.78, 5) is 18.0. The van der Waals surface area contributed by atoms with Gasteiger partial charge in [-0.15, -0.1) is 89.5 Å². The van der Waals surface area contributed by atoms with Crippen LogP contribution in [-0.2, 0) is 27.2 Å². The molecule has 0 radical (unpaired) electrons. The molecule has 0 aliphatic heterocycles. The van der Waals surface area contributed by atoms with E-state index in [9.17, 15) is 0 Å². The molecule has 0 saturated heterocycles. The van der Waals surface area contributed by atoms with E-state index in [4.69, 9.17) is 4.42 Å². The topological polar surface area (TPSA) is 74.6 Å². The molecule has 0 bridgehead atoms. The zero-order valence-electron chi connectivity index (χ0n) is 34.8. The second-order valence-electron chi connectivity index (χ2n) is 15.4. The molecular weight excluding hydrogens is 965 g/mol. The van der Waals surface area contributed by atoms with Gasteiger partial charge in [-0.25, -0.2) is 4.98 Å². The summed E-state index contributed by atoms with van der Waals surface area (Å²) in [6.07, 6.45) is 7.40. The molecule has 0 aliphatic carbocycles. The smallest absolute Gasteiger partial charge is 0.486 e. The Morgan fingerprint density at radius 2 is 1.38 bits per heavy atom. The minimum Gasteiger partial charge on any atom is -0.486 e. The molecule has 6 aromatic carbocycles. The number of hydrogen-bond acceptors (Lipinski definition) is 5. The fraction of sp³-hybridized carbons (Fsp3) is 0.0357. The van der Waals surface area contributed by atoms with Gasteiger partial charge < -0.3 is 23.5 Å². The van der Waals surface area contributed by atoms with Gasteiger partial charge in [0.1, 0.15) is 0 Å². The average molecular weight is 1000 g/mol. The van der Waals surface area contributed by atoms with Gasteiger partial charge in [-0.2, -0.15) is 0 Å². The van der Waals surface area contributed by atoms with Crippen LogP contribution in [0, 0.1) is 25.1 Å². The summed E-state index contributed by atoms with van der Waals surface area (Å²) in [5, 5.41) is 4.48. The van der Waals surface area contributed by atoms with Crippen molar-refractivity contribution in [2.24, 2.45) is 7.05 Å². The predicted molar refractivity (Wildman–Crippen MR) is 253 cm³/mol. The van der Waals surface area contributed by atoms with Gasteiger partial charge in [0.25, 0.3) is 0 Å². The van der Waals surface area contributed by atoms with Gasteiger partial charge in [-0.1, -0.05) is 65.5 Å². The largest absolute Gasteiger partial charge is 3.00 e. The molecule has 0 N–H and O–H groups in total. The van der Waals surface area contributed by atoms with Crippen LogP contribution in [0.5, 0.6) is 0 Å². The maximum absolute atomic E-state index is 5.95. The number of nitrogens with zero attached hydrogens (tertiary/aromatic N) is 6. The monoisotopic (exact) mass is 1000 g/mol. The predicted octanol–water partition coefficient (Wildman–Crippen LogP) is 13.3. The van der Waals surface area contributed by atoms with Crippen LogP contribution in [-0.4, -0.2) is 29.1 Å². The summed E-state index contributed by atoms with van der Waals surface area (Å²) in [6, 6.07) is 66.3. The fourth-order valence-electron chi connectivity index (χ4n) is 8.45. The molecule has 8 heteroatoms. The van der Waals surface area contributed by atoms with E-state index in [0.717, 1.165) is 89.4 Å². The first-order valence-electron chi connectivity index (χ1n) is 20.8. The van der Waals surface area contributed by atoms with E-state index >= 15 is 0 Å². The number of hydrogen-bond donors (Lipinski definition) is 0. The molecule has 0 unspecified atom stereocenters. The Kier molecular flexibility index (Phi) is 10.8. The van der Waals surface area contributed by atoms with Crippen molar-refractivity contribution >= 4 is 43.9 Å². The van der Waals surface area contributed by atoms with Crippen LogP contribution in [0.4, 0.5) is 0 Å². The Balaban J connectivity index is 0.000000193. The summed E-state index contributed by atoms with van der Waals surface area (Å²) in [6.45, 7) is 1.96. The second-order valence-corrected chi connectivity index (χ2v) is 15.4. The molecule has 12 rings (SSSR count). The Morgan fingerprint density at radius 1 is 0.547 bits per heavy atom. The van der Waals surface area contributed by atoms with Crippen molar-refractivity contribution in [3.05, 3.63) is 212 Å². The van der Waals surface area contributed by atoms with Crippen molar-refractivity contribution in [1.82, 2.24) is 29.1 Å². The average Bonchev–Trinajstić information content (AvgIpc) is 4.05. The summed E-state index contributed by atoms with van der Waals surface area (Å²) < 4.78 is 10.3. The van der Waals surface area contributed by atoms with Crippen LogP contribution in [0.2, 0.25) is 0 Å². The molecule has 0 fully saturated rings. The first-order valence-corrected chi connectivity index (χ1v) is 20.8. The van der Waals surface area contributed by atoms with Crippen molar-refractivity contribution in [2.75, 3.05) is 0 Å². The quantitative estimate of drug-likeness (QED) is 0.155. The first kappa shape index (κ1) is 40.3. The standard InChI is InChI=1S/C40H25N3.C16H12N3O.Ir/c1-3-11-28(12-4-1)37-27-31(22-24-42-37)34-17-10-19-39-40(34)35-26-30(20-21-38(35)43(39)33-15-5-2-6-16-33)29-13-9-14-32(25-29)36-18-7-8-23-41-36;1-10-6-7-12-11-4-3-5-13(14(11)20-16(12)18-10)15-17-8-9-19(15)2;/h1-11,13,15-27H;3-4,6-9H,1-2H3;/q-2;-1;+3. The van der Waals surface area contributed by atoms with Gasteiger partial charge in [-0.05, 0) is 89.6 Å². The SMILES string of the molecule is Cc1ccc2c(n1)oc1c(-c3nccn3C)[c-]ccc12.[Ir+3].[c-]1ccccc1-c1cc(-c2cccc3c2c2cc(-c4cc[c-]c(-c5ccccn5)c4)ccc2n3-c2ccccc2)ccn1. The molecule has 12 aromatic rings. The number of aromatic nitrogens is 6. The van der Waals surface area contributed by atoms with E-state index in [2.05, 4.69) is 140 Å². The molecule has 6 heterocycles. The van der Waals surface area contributed by atoms with E-state index in [-0.39, 0.29) is 20.1 Å². The molecule has 7 nitrogen and oxygen atoms in total. The Hall–Kier alpha value is -7.77. The van der Waals surface area contributed by atoms with Crippen molar-refractivity contribution < 1.29 is 24.5 Å². The fourth-order valence-corrected chi connectivity index (χ4v) is 8.45. The summed E-state index contributed by atoms with van der Waals surface area (Å²) >= 11 is 0. The van der Waals surface area contributed by atoms with Crippen molar-refractivity contribution in [2.45, 2.75) is 6.92 Å². The van der Waals surface area contributed by atoms with E-state index < -0.39 is 0 Å². The Morgan fingerprint density at radius 3 is 2.20 bits per heavy atom. The number of aryl methyl sites for hydroxylation is 2. The number of imidazole rings is 1. The van der Waals surface area contributed by atoms with Gasteiger partial charge in [0.2, 0.25) is 5.71 Å². The van der Waals surface area contributed by atoms with Crippen molar-refractivity contribution in [3.8, 4) is 61.8 Å². The van der Waals surface area contributed by atoms with Gasteiger partial charge in [0.15, 0.2) is 0 Å². The van der Waals surface area contributed by atoms with E-state index in [1.807, 2.05) is 104 Å². The molecule has 64 heavy (non-hydrogen) atoms. The van der Waals surface area contributed by atoms with Crippen LogP contribution >= 0.6 is 0 Å². The van der Waals surface area contributed by atoms with Crippen LogP contribution in [0.1, 0.15) is 5.69 Å². The third-order valence-corrected chi connectivity index (χ3v) is 11.4. The molecule has 0 amide bonds. The molecule has 0 atom stereocenters. The number of rotatable bonds is 6. The Bertz CT molecular complexity index is 3600. The van der Waals surface area contributed by atoms with Crippen molar-refractivity contribution in [3.63, 3.8) is 0 Å². The number of fused-ring (bicyclic) bond motifs is 6. The van der Waals surface area contributed by atoms with Gasteiger partial charge in [0.05, 0.1) is 22.4 Å². The van der Waals surface area contributed by atoms with Gasteiger partial charge in [-0.3, -0.25) is 4.98 Å². The number of para-hydroxylation sites is 1. The van der Waals surface area contributed by atoms with Crippen LogP contribution < -0.4 is 0 Å². The number of benzene rings is 6. The Labute approximate surface area is 383 Å². The molecular formula is C56H37IrN6O. The molecule has 0 spiro atoms. The first-order chi connectivity index (χ1) is 31.1. The van der Waals surface area contributed by atoms with Crippen molar-refractivity contribution in [1.29, 1.82) is 0 Å². The zero-order chi connectivity index (χ0) is 42.3. The summed E-state index contributed by atoms with van der Waals surface area (Å²) in [7, 11) is 1.96. The van der Waals surface area contributed by atoms with E-state index in [1.165, 1.54) is 16.3 Å². The zero-order valence-corrected chi connectivity index (χ0v) is 37.2. The number of furan rings is 1. The van der Waals surface area contributed by atoms with E-state index in [0.29, 0.717) is 5.71 Å².